The first-order valence-electron chi connectivity index (χ1n) is 5.45. The van der Waals surface area contributed by atoms with Crippen molar-refractivity contribution in [3.8, 4) is 0 Å². The first-order valence-corrected chi connectivity index (χ1v) is 7.21. The van der Waals surface area contributed by atoms with Crippen molar-refractivity contribution in [2.45, 2.75) is 32.4 Å². The van der Waals surface area contributed by atoms with Crippen LogP contribution in [0.1, 0.15) is 20.3 Å². The van der Waals surface area contributed by atoms with Gasteiger partial charge in [-0.25, -0.2) is 0 Å². The number of hydrogen-bond acceptors (Lipinski definition) is 3. The molecule has 0 heterocycles. The molecule has 0 saturated heterocycles. The Hall–Kier alpha value is 0.0700. The van der Waals surface area contributed by atoms with Crippen LogP contribution in [-0.2, 0) is 4.57 Å². The van der Waals surface area contributed by atoms with Gasteiger partial charge in [0.05, 0.1) is 21.1 Å². The minimum atomic E-state index is -4.40. The molecule has 16 heavy (non-hydrogen) atoms. The smallest absolute Gasteiger partial charge is 0.135 e. The van der Waals surface area contributed by atoms with Gasteiger partial charge in [-0.1, -0.05) is 13.8 Å². The third kappa shape index (κ3) is 6.61. The van der Waals surface area contributed by atoms with Crippen LogP contribution in [0.3, 0.4) is 0 Å². The van der Waals surface area contributed by atoms with Crippen molar-refractivity contribution in [1.82, 2.24) is 0 Å². The van der Waals surface area contributed by atoms with Gasteiger partial charge in [0.15, 0.2) is 0 Å². The molecule has 0 fully saturated rings. The summed E-state index contributed by atoms with van der Waals surface area (Å²) in [5, 5.41) is 9.88. The number of hydrogen-bond donors (Lipinski definition) is 2. The lowest BCUT2D eigenvalue weighted by Gasteiger charge is -2.39. The standard InChI is InChI=1S/C10H24NO4P/c1-8(2)6-9(11(3,4)5)10(12)7-16(13,14)15/h8-10,12H,6-7H2,1-5H3,(H-,13,14,15)/t9-,10+/m1/s1. The highest BCUT2D eigenvalue weighted by atomic mass is 31.2. The highest BCUT2D eigenvalue weighted by Crippen LogP contribution is 2.32. The summed E-state index contributed by atoms with van der Waals surface area (Å²) in [6.07, 6.45) is -0.888. The first-order chi connectivity index (χ1) is 6.93. The third-order valence-electron chi connectivity index (χ3n) is 2.57. The van der Waals surface area contributed by atoms with Crippen molar-refractivity contribution >= 4 is 7.60 Å². The fourth-order valence-corrected chi connectivity index (χ4v) is 2.55. The van der Waals surface area contributed by atoms with Crippen molar-refractivity contribution in [2.75, 3.05) is 27.3 Å². The van der Waals surface area contributed by atoms with Gasteiger partial charge in [-0.3, -0.25) is 0 Å². The maximum Gasteiger partial charge on any atom is 0.135 e. The Morgan fingerprint density at radius 3 is 2.00 bits per heavy atom. The van der Waals surface area contributed by atoms with Gasteiger partial charge in [0.2, 0.25) is 0 Å². The monoisotopic (exact) mass is 253 g/mol. The molecule has 0 aliphatic rings. The van der Waals surface area contributed by atoms with Gasteiger partial charge < -0.3 is 23.9 Å². The average Bonchev–Trinajstić information content (AvgIpc) is 1.93. The molecule has 0 bridgehead atoms. The molecule has 0 radical (unpaired) electrons. The number of aliphatic hydroxyl groups is 1. The normalized spacial score (nSPS) is 20.6. The van der Waals surface area contributed by atoms with Crippen LogP contribution in [0.2, 0.25) is 0 Å². The Bertz CT molecular complexity index is 256. The lowest BCUT2D eigenvalue weighted by Crippen LogP contribution is -2.53. The van der Waals surface area contributed by atoms with E-state index in [-0.39, 0.29) is 6.04 Å². The molecule has 5 nitrogen and oxygen atoms in total. The molecule has 3 atom stereocenters. The molecule has 0 aromatic heterocycles. The zero-order chi connectivity index (χ0) is 13.1. The highest BCUT2D eigenvalue weighted by Gasteiger charge is 2.33. The van der Waals surface area contributed by atoms with Gasteiger partial charge in [-0.05, 0) is 5.92 Å². The van der Waals surface area contributed by atoms with E-state index in [1.54, 1.807) is 0 Å². The quantitative estimate of drug-likeness (QED) is 0.516. The topological polar surface area (TPSA) is 80.6 Å². The Kier molecular flexibility index (Phi) is 5.63. The molecular weight excluding hydrogens is 229 g/mol. The van der Waals surface area contributed by atoms with E-state index in [1.807, 2.05) is 35.0 Å². The van der Waals surface area contributed by atoms with Gasteiger partial charge in [0.1, 0.15) is 19.7 Å². The summed E-state index contributed by atoms with van der Waals surface area (Å²) in [4.78, 5) is 19.5. The van der Waals surface area contributed by atoms with Crippen LogP contribution in [0.25, 0.3) is 0 Å². The van der Waals surface area contributed by atoms with E-state index >= 15 is 0 Å². The SMILES string of the molecule is CC(C)C[C@H]([C@@H](O)CP(=O)([O-])O)[N+](C)(C)C. The van der Waals surface area contributed by atoms with Crippen LogP contribution in [0.5, 0.6) is 0 Å². The van der Waals surface area contributed by atoms with Gasteiger partial charge in [0, 0.05) is 12.6 Å². The molecule has 0 aliphatic heterocycles. The molecule has 0 spiro atoms. The Balaban J connectivity index is 4.70. The minimum Gasteiger partial charge on any atom is -0.779 e. The minimum absolute atomic E-state index is 0.200. The van der Waals surface area contributed by atoms with E-state index in [2.05, 4.69) is 0 Å². The van der Waals surface area contributed by atoms with E-state index in [0.29, 0.717) is 16.8 Å². The van der Waals surface area contributed by atoms with Crippen LogP contribution in [0.4, 0.5) is 0 Å². The molecule has 6 heteroatoms. The van der Waals surface area contributed by atoms with E-state index in [4.69, 9.17) is 4.89 Å². The van der Waals surface area contributed by atoms with Crippen LogP contribution in [0.15, 0.2) is 0 Å². The summed E-state index contributed by atoms with van der Waals surface area (Å²) in [6, 6.07) is -0.200. The van der Waals surface area contributed by atoms with Crippen LogP contribution in [0, 0.1) is 5.92 Å². The van der Waals surface area contributed by atoms with Crippen LogP contribution < -0.4 is 4.89 Å². The molecule has 0 saturated carbocycles. The molecule has 98 valence electrons. The van der Waals surface area contributed by atoms with Gasteiger partial charge in [-0.15, -0.1) is 0 Å². The average molecular weight is 253 g/mol. The maximum atomic E-state index is 10.8. The third-order valence-corrected chi connectivity index (χ3v) is 3.41. The number of rotatable bonds is 6. The van der Waals surface area contributed by atoms with Crippen LogP contribution in [-0.4, -0.2) is 53.9 Å². The molecule has 0 rings (SSSR count). The van der Waals surface area contributed by atoms with E-state index < -0.39 is 19.9 Å². The fraction of sp³-hybridized carbons (Fsp3) is 1.00. The zero-order valence-electron chi connectivity index (χ0n) is 10.8. The Morgan fingerprint density at radius 1 is 1.31 bits per heavy atom. The first kappa shape index (κ1) is 16.1. The Morgan fingerprint density at radius 2 is 1.75 bits per heavy atom. The molecule has 2 N–H and O–H groups in total. The number of nitrogens with zero attached hydrogens (tertiary/aromatic N) is 1. The second-order valence-electron chi connectivity index (χ2n) is 5.70. The van der Waals surface area contributed by atoms with Crippen LogP contribution >= 0.6 is 7.60 Å². The number of likely N-dealkylation sites (N-methyl/N-ethyl adjacent to an activating group) is 1. The van der Waals surface area contributed by atoms with Gasteiger partial charge in [-0.2, -0.15) is 0 Å². The molecule has 1 unspecified atom stereocenters. The number of aliphatic hydroxyl groups excluding tert-OH is 1. The van der Waals surface area contributed by atoms with Crippen molar-refractivity contribution in [3.63, 3.8) is 0 Å². The van der Waals surface area contributed by atoms with Gasteiger partial charge in [0.25, 0.3) is 0 Å². The number of quaternary nitrogens is 1. The fourth-order valence-electron chi connectivity index (χ4n) is 1.83. The molecule has 0 aromatic carbocycles. The second-order valence-corrected chi connectivity index (χ2v) is 7.34. The van der Waals surface area contributed by atoms with Crippen molar-refractivity contribution in [3.05, 3.63) is 0 Å². The predicted octanol–water partition coefficient (Wildman–Crippen LogP) is 0.0139. The predicted molar refractivity (Wildman–Crippen MR) is 62.0 cm³/mol. The molecule has 0 aromatic rings. The summed E-state index contributed by atoms with van der Waals surface area (Å²) in [7, 11) is 1.32. The van der Waals surface area contributed by atoms with E-state index in [0.717, 1.165) is 0 Å². The summed E-state index contributed by atoms with van der Waals surface area (Å²) in [5.74, 6) is 0.363. The maximum absolute atomic E-state index is 10.8. The molecular formula is C10H24NO4P. The highest BCUT2D eigenvalue weighted by molar-refractivity contribution is 7.50. The largest absolute Gasteiger partial charge is 0.779 e. The zero-order valence-corrected chi connectivity index (χ0v) is 11.6. The second kappa shape index (κ2) is 5.61. The van der Waals surface area contributed by atoms with E-state index in [9.17, 15) is 14.6 Å². The Labute approximate surface area is 97.8 Å². The molecule has 0 aliphatic carbocycles. The lowest BCUT2D eigenvalue weighted by molar-refractivity contribution is -0.900. The van der Waals surface area contributed by atoms with Crippen molar-refractivity contribution in [2.24, 2.45) is 5.92 Å². The van der Waals surface area contributed by atoms with E-state index in [1.165, 1.54) is 0 Å². The summed E-state index contributed by atoms with van der Waals surface area (Å²) in [6.45, 7) is 4.04. The van der Waals surface area contributed by atoms with Crippen molar-refractivity contribution in [1.29, 1.82) is 0 Å². The summed E-state index contributed by atoms with van der Waals surface area (Å²) < 4.78 is 11.2. The summed E-state index contributed by atoms with van der Waals surface area (Å²) >= 11 is 0. The molecule has 0 amide bonds. The lowest BCUT2D eigenvalue weighted by atomic mass is 9.97. The van der Waals surface area contributed by atoms with Crippen molar-refractivity contribution < 1.29 is 23.9 Å². The summed E-state index contributed by atoms with van der Waals surface area (Å²) in [5.41, 5.74) is 0. The van der Waals surface area contributed by atoms with Gasteiger partial charge >= 0.3 is 0 Å².